The SMILES string of the molecule is CCC1C(=O)OCc2c1cc1n(c2=O)Cc2c-1nc1cc(F)c(C)c3c1c2C(NCC(=O)O)CC3. The highest BCUT2D eigenvalue weighted by Crippen LogP contribution is 2.45. The quantitative estimate of drug-likeness (QED) is 0.435. The third-order valence-electron chi connectivity index (χ3n) is 7.70. The molecule has 4 heterocycles. The number of carbonyl (C=O) groups excluding carboxylic acids is 1. The lowest BCUT2D eigenvalue weighted by molar-refractivity contribution is -0.148. The van der Waals surface area contributed by atoms with Gasteiger partial charge in [-0.15, -0.1) is 0 Å². The van der Waals surface area contributed by atoms with Gasteiger partial charge in [0, 0.05) is 23.1 Å². The van der Waals surface area contributed by atoms with E-state index in [-0.39, 0.29) is 43.1 Å². The number of aryl methyl sites for hydroxylation is 1. The molecule has 2 N–H and O–H groups in total. The fourth-order valence-electron chi connectivity index (χ4n) is 5.99. The van der Waals surface area contributed by atoms with Crippen LogP contribution in [0.15, 0.2) is 16.9 Å². The summed E-state index contributed by atoms with van der Waals surface area (Å²) in [6.45, 7) is 3.64. The minimum absolute atomic E-state index is 0.0558. The van der Waals surface area contributed by atoms with E-state index in [1.165, 1.54) is 6.07 Å². The Morgan fingerprint density at radius 3 is 2.83 bits per heavy atom. The summed E-state index contributed by atoms with van der Waals surface area (Å²) in [5, 5.41) is 13.2. The van der Waals surface area contributed by atoms with Gasteiger partial charge in [0.05, 0.1) is 41.5 Å². The zero-order chi connectivity index (χ0) is 24.6. The molecule has 0 fully saturated rings. The monoisotopic (exact) mass is 477 g/mol. The number of hydrogen-bond donors (Lipinski definition) is 2. The number of halogens is 1. The van der Waals surface area contributed by atoms with Crippen molar-refractivity contribution in [3.8, 4) is 11.4 Å². The Kier molecular flexibility index (Phi) is 4.83. The van der Waals surface area contributed by atoms with Crippen LogP contribution in [0.25, 0.3) is 22.3 Å². The molecule has 2 unspecified atom stereocenters. The van der Waals surface area contributed by atoms with Gasteiger partial charge < -0.3 is 14.4 Å². The molecular formula is C26H24FN3O5. The Labute approximate surface area is 199 Å². The highest BCUT2D eigenvalue weighted by Gasteiger charge is 2.37. The maximum absolute atomic E-state index is 14.8. The van der Waals surface area contributed by atoms with Gasteiger partial charge in [-0.2, -0.15) is 0 Å². The third-order valence-corrected chi connectivity index (χ3v) is 7.70. The summed E-state index contributed by atoms with van der Waals surface area (Å²) in [7, 11) is 0. The van der Waals surface area contributed by atoms with E-state index >= 15 is 0 Å². The van der Waals surface area contributed by atoms with Crippen molar-refractivity contribution in [1.29, 1.82) is 0 Å². The minimum Gasteiger partial charge on any atom is -0.480 e. The summed E-state index contributed by atoms with van der Waals surface area (Å²) in [6.07, 6.45) is 1.72. The van der Waals surface area contributed by atoms with Crippen molar-refractivity contribution in [2.75, 3.05) is 6.54 Å². The molecule has 6 rings (SSSR count). The van der Waals surface area contributed by atoms with Crippen LogP contribution in [0, 0.1) is 12.7 Å². The predicted molar refractivity (Wildman–Crippen MR) is 125 cm³/mol. The largest absolute Gasteiger partial charge is 0.480 e. The first kappa shape index (κ1) is 21.9. The van der Waals surface area contributed by atoms with E-state index in [4.69, 9.17) is 9.72 Å². The Morgan fingerprint density at radius 2 is 2.09 bits per heavy atom. The van der Waals surface area contributed by atoms with Crippen molar-refractivity contribution in [2.45, 2.75) is 58.2 Å². The summed E-state index contributed by atoms with van der Waals surface area (Å²) in [6, 6.07) is 3.01. The second-order valence-corrected chi connectivity index (χ2v) is 9.50. The zero-order valence-corrected chi connectivity index (χ0v) is 19.4. The van der Waals surface area contributed by atoms with Crippen molar-refractivity contribution in [1.82, 2.24) is 14.9 Å². The molecule has 0 radical (unpaired) electrons. The Hall–Kier alpha value is -3.59. The molecule has 2 aliphatic heterocycles. The van der Waals surface area contributed by atoms with E-state index in [0.29, 0.717) is 52.9 Å². The van der Waals surface area contributed by atoms with Crippen LogP contribution in [0.5, 0.6) is 0 Å². The molecule has 35 heavy (non-hydrogen) atoms. The van der Waals surface area contributed by atoms with Crippen LogP contribution in [-0.2, 0) is 33.9 Å². The number of cyclic esters (lactones) is 1. The predicted octanol–water partition coefficient (Wildman–Crippen LogP) is 3.08. The van der Waals surface area contributed by atoms with Crippen molar-refractivity contribution in [2.24, 2.45) is 0 Å². The molecule has 0 bridgehead atoms. The summed E-state index contributed by atoms with van der Waals surface area (Å²) in [5.74, 6) is -2.16. The smallest absolute Gasteiger partial charge is 0.317 e. The molecule has 1 aliphatic carbocycles. The average Bonchev–Trinajstić information content (AvgIpc) is 3.20. The topological polar surface area (TPSA) is 111 Å². The number of hydrogen-bond acceptors (Lipinski definition) is 6. The molecule has 180 valence electrons. The van der Waals surface area contributed by atoms with Gasteiger partial charge in [0.1, 0.15) is 12.4 Å². The number of aliphatic carboxylic acids is 1. The Morgan fingerprint density at radius 1 is 1.29 bits per heavy atom. The number of carboxylic acids is 1. The first-order valence-corrected chi connectivity index (χ1v) is 11.8. The van der Waals surface area contributed by atoms with E-state index < -0.39 is 11.9 Å². The van der Waals surface area contributed by atoms with Crippen LogP contribution in [0.4, 0.5) is 4.39 Å². The van der Waals surface area contributed by atoms with Gasteiger partial charge in [-0.3, -0.25) is 19.7 Å². The molecule has 3 aliphatic rings. The van der Waals surface area contributed by atoms with Crippen LogP contribution in [0.3, 0.4) is 0 Å². The third kappa shape index (κ3) is 3.07. The summed E-state index contributed by atoms with van der Waals surface area (Å²) >= 11 is 0. The lowest BCUT2D eigenvalue weighted by Crippen LogP contribution is -2.32. The highest BCUT2D eigenvalue weighted by atomic mass is 19.1. The summed E-state index contributed by atoms with van der Waals surface area (Å²) in [5.41, 5.74) is 5.78. The molecule has 0 spiro atoms. The number of esters is 1. The molecule has 0 saturated heterocycles. The van der Waals surface area contributed by atoms with Crippen LogP contribution >= 0.6 is 0 Å². The number of ether oxygens (including phenoxy) is 1. The van der Waals surface area contributed by atoms with Gasteiger partial charge in [0.15, 0.2) is 0 Å². The van der Waals surface area contributed by atoms with Gasteiger partial charge in [0.2, 0.25) is 0 Å². The number of aromatic nitrogens is 2. The molecular weight excluding hydrogens is 453 g/mol. The van der Waals surface area contributed by atoms with Gasteiger partial charge in [-0.1, -0.05) is 6.92 Å². The van der Waals surface area contributed by atoms with E-state index in [9.17, 15) is 23.9 Å². The van der Waals surface area contributed by atoms with E-state index in [1.807, 2.05) is 13.0 Å². The summed E-state index contributed by atoms with van der Waals surface area (Å²) < 4.78 is 21.8. The molecule has 8 nitrogen and oxygen atoms in total. The maximum Gasteiger partial charge on any atom is 0.317 e. The molecule has 0 amide bonds. The molecule has 0 saturated carbocycles. The lowest BCUT2D eigenvalue weighted by atomic mass is 9.81. The first-order chi connectivity index (χ1) is 16.8. The van der Waals surface area contributed by atoms with Crippen LogP contribution in [0.1, 0.15) is 65.1 Å². The normalized spacial score (nSPS) is 19.8. The van der Waals surface area contributed by atoms with Gasteiger partial charge in [-0.05, 0) is 54.5 Å². The number of nitrogens with zero attached hydrogens (tertiary/aromatic N) is 2. The van der Waals surface area contributed by atoms with Crippen molar-refractivity contribution < 1.29 is 23.8 Å². The second-order valence-electron chi connectivity index (χ2n) is 9.50. The highest BCUT2D eigenvalue weighted by molar-refractivity contribution is 5.93. The number of pyridine rings is 2. The van der Waals surface area contributed by atoms with Crippen molar-refractivity contribution in [3.63, 3.8) is 0 Å². The Balaban J connectivity index is 1.63. The molecule has 1 aromatic carbocycles. The second kappa shape index (κ2) is 7.71. The molecule has 3 aromatic rings. The molecule has 2 atom stereocenters. The van der Waals surface area contributed by atoms with Gasteiger partial charge in [0.25, 0.3) is 5.56 Å². The van der Waals surface area contributed by atoms with Crippen molar-refractivity contribution in [3.05, 3.63) is 61.7 Å². The van der Waals surface area contributed by atoms with E-state index in [1.54, 1.807) is 11.5 Å². The standard InChI is InChI=1S/C26H24FN3O5/c1-3-12-14-6-20-24-15(9-30(20)25(33)16(14)10-35-26(12)34)23-18(28-8-21(31)32)5-4-13-11(2)17(27)7-19(29-24)22(13)23/h6-7,12,18,28H,3-5,8-10H2,1-2H3,(H,31,32). The minimum atomic E-state index is -0.963. The van der Waals surface area contributed by atoms with Gasteiger partial charge in [-0.25, -0.2) is 9.37 Å². The number of rotatable bonds is 4. The molecule has 2 aromatic heterocycles. The number of carbonyl (C=O) groups is 2. The van der Waals surface area contributed by atoms with E-state index in [2.05, 4.69) is 5.32 Å². The Bertz CT molecular complexity index is 1530. The van der Waals surface area contributed by atoms with Crippen LogP contribution in [0.2, 0.25) is 0 Å². The zero-order valence-electron chi connectivity index (χ0n) is 19.4. The maximum atomic E-state index is 14.8. The number of benzene rings is 1. The molecule has 9 heteroatoms. The first-order valence-electron chi connectivity index (χ1n) is 11.8. The van der Waals surface area contributed by atoms with Gasteiger partial charge >= 0.3 is 11.9 Å². The van der Waals surface area contributed by atoms with Crippen LogP contribution < -0.4 is 10.9 Å². The van der Waals surface area contributed by atoms with Crippen molar-refractivity contribution >= 4 is 22.8 Å². The van der Waals surface area contributed by atoms with E-state index in [0.717, 1.165) is 22.1 Å². The number of fused-ring (bicyclic) bond motifs is 5. The fraction of sp³-hybridized carbons (Fsp3) is 0.385. The number of nitrogens with one attached hydrogen (secondary N) is 1. The van der Waals surface area contributed by atoms with Crippen LogP contribution in [-0.4, -0.2) is 33.1 Å². The number of carboxylic acid groups (broad SMARTS) is 1. The summed E-state index contributed by atoms with van der Waals surface area (Å²) in [4.78, 5) is 42.0. The average molecular weight is 477 g/mol. The lowest BCUT2D eigenvalue weighted by Gasteiger charge is -2.29. The fourth-order valence-corrected chi connectivity index (χ4v) is 5.99.